The van der Waals surface area contributed by atoms with Crippen LogP contribution >= 0.6 is 0 Å². The lowest BCUT2D eigenvalue weighted by Gasteiger charge is -2.08. The second-order valence-corrected chi connectivity index (χ2v) is 5.30. The molecule has 3 rings (SSSR count). The van der Waals surface area contributed by atoms with Crippen molar-refractivity contribution in [1.29, 1.82) is 0 Å². The molecule has 0 radical (unpaired) electrons. The Morgan fingerprint density at radius 2 is 1.88 bits per heavy atom. The Balaban J connectivity index is 1.50. The number of imidazole rings is 1. The van der Waals surface area contributed by atoms with E-state index in [9.17, 15) is 9.59 Å². The maximum Gasteiger partial charge on any atom is 0.326 e. The van der Waals surface area contributed by atoms with Gasteiger partial charge in [0.25, 0.3) is 5.91 Å². The first kappa shape index (κ1) is 16.5. The molecule has 128 valence electrons. The molecule has 0 aliphatic rings. The highest BCUT2D eigenvalue weighted by atomic mass is 16.5. The normalized spacial score (nSPS) is 10.4. The highest BCUT2D eigenvalue weighted by Gasteiger charge is 2.10. The van der Waals surface area contributed by atoms with Crippen molar-refractivity contribution < 1.29 is 19.1 Å². The fourth-order valence-corrected chi connectivity index (χ4v) is 2.34. The molecule has 7 nitrogen and oxygen atoms in total. The summed E-state index contributed by atoms with van der Waals surface area (Å²) in [5, 5.41) is 2.65. The van der Waals surface area contributed by atoms with Gasteiger partial charge >= 0.3 is 5.97 Å². The van der Waals surface area contributed by atoms with Crippen molar-refractivity contribution in [2.75, 3.05) is 19.0 Å². The minimum atomic E-state index is -0.506. The first-order valence-corrected chi connectivity index (χ1v) is 7.65. The lowest BCUT2D eigenvalue weighted by molar-refractivity contribution is -0.147. The van der Waals surface area contributed by atoms with Gasteiger partial charge in [-0.15, -0.1) is 0 Å². The molecule has 0 aliphatic heterocycles. The Labute approximate surface area is 144 Å². The Bertz CT molecular complexity index is 887. The van der Waals surface area contributed by atoms with Crippen LogP contribution in [0.4, 0.5) is 5.69 Å². The lowest BCUT2D eigenvalue weighted by Crippen LogP contribution is -2.22. The van der Waals surface area contributed by atoms with Crippen molar-refractivity contribution in [3.63, 3.8) is 0 Å². The summed E-state index contributed by atoms with van der Waals surface area (Å²) < 4.78 is 11.7. The summed E-state index contributed by atoms with van der Waals surface area (Å²) in [6.07, 6.45) is 1.57. The van der Waals surface area contributed by atoms with Gasteiger partial charge in [0.1, 0.15) is 12.3 Å². The molecule has 0 unspecified atom stereocenters. The number of carbonyl (C=O) groups is 2. The number of carbonyl (C=O) groups excluding carboxylic acids is 2. The monoisotopic (exact) mass is 339 g/mol. The number of nitrogens with one attached hydrogen (secondary N) is 1. The zero-order chi connectivity index (χ0) is 17.6. The SMILES string of the molecule is COc1ccc(NC(=O)COC(=O)Cn2cnc3ccccc32)cc1. The summed E-state index contributed by atoms with van der Waals surface area (Å²) in [4.78, 5) is 28.0. The zero-order valence-corrected chi connectivity index (χ0v) is 13.6. The number of anilines is 1. The van der Waals surface area contributed by atoms with Crippen LogP contribution in [0.2, 0.25) is 0 Å². The van der Waals surface area contributed by atoms with Crippen molar-refractivity contribution >= 4 is 28.6 Å². The van der Waals surface area contributed by atoms with E-state index in [2.05, 4.69) is 10.3 Å². The molecule has 0 spiro atoms. The number of nitrogens with zero attached hydrogens (tertiary/aromatic N) is 2. The summed E-state index contributed by atoms with van der Waals surface area (Å²) in [7, 11) is 1.57. The van der Waals surface area contributed by atoms with Gasteiger partial charge in [0.2, 0.25) is 0 Å². The predicted octanol–water partition coefficient (Wildman–Crippen LogP) is 2.23. The first-order valence-electron chi connectivity index (χ1n) is 7.65. The number of hydrogen-bond donors (Lipinski definition) is 1. The largest absolute Gasteiger partial charge is 0.497 e. The second-order valence-electron chi connectivity index (χ2n) is 5.30. The average Bonchev–Trinajstić information content (AvgIpc) is 3.04. The molecular weight excluding hydrogens is 322 g/mol. The van der Waals surface area contributed by atoms with Crippen LogP contribution in [0.3, 0.4) is 0 Å². The van der Waals surface area contributed by atoms with E-state index in [-0.39, 0.29) is 13.2 Å². The molecule has 0 fully saturated rings. The van der Waals surface area contributed by atoms with Crippen LogP contribution in [0.25, 0.3) is 11.0 Å². The van der Waals surface area contributed by atoms with Crippen LogP contribution in [0.15, 0.2) is 54.9 Å². The summed E-state index contributed by atoms with van der Waals surface area (Å²) in [6, 6.07) is 14.3. The zero-order valence-electron chi connectivity index (χ0n) is 13.6. The molecular formula is C18H17N3O4. The summed E-state index contributed by atoms with van der Waals surface area (Å²) in [5.74, 6) is -0.223. The standard InChI is InChI=1S/C18H17N3O4/c1-24-14-8-6-13(7-9-14)20-17(22)11-25-18(23)10-21-12-19-15-4-2-3-5-16(15)21/h2-9,12H,10-11H2,1H3,(H,20,22). The van der Waals surface area contributed by atoms with Gasteiger partial charge in [-0.2, -0.15) is 0 Å². The van der Waals surface area contributed by atoms with Gasteiger partial charge in [-0.1, -0.05) is 12.1 Å². The van der Waals surface area contributed by atoms with Gasteiger partial charge in [0.05, 0.1) is 24.5 Å². The minimum Gasteiger partial charge on any atom is -0.497 e. The molecule has 1 amide bonds. The fourth-order valence-electron chi connectivity index (χ4n) is 2.34. The van der Waals surface area contributed by atoms with Crippen molar-refractivity contribution in [3.05, 3.63) is 54.9 Å². The third-order valence-corrected chi connectivity index (χ3v) is 3.56. The van der Waals surface area contributed by atoms with Gasteiger partial charge in [0, 0.05) is 5.69 Å². The van der Waals surface area contributed by atoms with E-state index >= 15 is 0 Å². The molecule has 0 saturated carbocycles. The topological polar surface area (TPSA) is 82.5 Å². The summed E-state index contributed by atoms with van der Waals surface area (Å²) in [6.45, 7) is -0.353. The number of methoxy groups -OCH3 is 1. The molecule has 0 aliphatic carbocycles. The number of para-hydroxylation sites is 2. The third-order valence-electron chi connectivity index (χ3n) is 3.56. The van der Waals surface area contributed by atoms with Crippen molar-refractivity contribution in [3.8, 4) is 5.75 Å². The molecule has 0 atom stereocenters. The van der Waals surface area contributed by atoms with E-state index in [1.54, 1.807) is 42.3 Å². The maximum absolute atomic E-state index is 11.9. The Morgan fingerprint density at radius 3 is 2.64 bits per heavy atom. The van der Waals surface area contributed by atoms with Crippen molar-refractivity contribution in [2.24, 2.45) is 0 Å². The lowest BCUT2D eigenvalue weighted by atomic mass is 10.3. The number of fused-ring (bicyclic) bond motifs is 1. The summed E-state index contributed by atoms with van der Waals surface area (Å²) >= 11 is 0. The van der Waals surface area contributed by atoms with Crippen LogP contribution in [0, 0.1) is 0 Å². The fraction of sp³-hybridized carbons (Fsp3) is 0.167. The second kappa shape index (κ2) is 7.48. The van der Waals surface area contributed by atoms with E-state index in [0.29, 0.717) is 11.4 Å². The predicted molar refractivity (Wildman–Crippen MR) is 92.3 cm³/mol. The highest BCUT2D eigenvalue weighted by molar-refractivity contribution is 5.92. The van der Waals surface area contributed by atoms with Crippen LogP contribution in [0.1, 0.15) is 0 Å². The Morgan fingerprint density at radius 1 is 1.12 bits per heavy atom. The van der Waals surface area contributed by atoms with Gasteiger partial charge in [0.15, 0.2) is 6.61 Å². The number of rotatable bonds is 6. The number of ether oxygens (including phenoxy) is 2. The number of aromatic nitrogens is 2. The molecule has 25 heavy (non-hydrogen) atoms. The van der Waals surface area contributed by atoms with Gasteiger partial charge < -0.3 is 19.4 Å². The van der Waals surface area contributed by atoms with Gasteiger partial charge in [-0.25, -0.2) is 4.98 Å². The Hall–Kier alpha value is -3.35. The Kier molecular flexibility index (Phi) is 4.94. The molecule has 1 N–H and O–H groups in total. The number of esters is 1. The van der Waals surface area contributed by atoms with Crippen molar-refractivity contribution in [1.82, 2.24) is 9.55 Å². The molecule has 0 saturated heterocycles. The van der Waals surface area contributed by atoms with E-state index < -0.39 is 11.9 Å². The maximum atomic E-state index is 11.9. The van der Waals surface area contributed by atoms with Crippen molar-refractivity contribution in [2.45, 2.75) is 6.54 Å². The minimum absolute atomic E-state index is 0.00364. The summed E-state index contributed by atoms with van der Waals surface area (Å²) in [5.41, 5.74) is 2.23. The quantitative estimate of drug-likeness (QED) is 0.696. The number of amides is 1. The third kappa shape index (κ3) is 4.14. The number of hydrogen-bond acceptors (Lipinski definition) is 5. The molecule has 7 heteroatoms. The van der Waals surface area contributed by atoms with E-state index in [1.165, 1.54) is 0 Å². The first-order chi connectivity index (χ1) is 12.2. The smallest absolute Gasteiger partial charge is 0.326 e. The average molecular weight is 339 g/mol. The van der Waals surface area contributed by atoms with Crippen LogP contribution in [-0.2, 0) is 20.9 Å². The highest BCUT2D eigenvalue weighted by Crippen LogP contribution is 2.15. The molecule has 1 heterocycles. The van der Waals surface area contributed by atoms with Crippen LogP contribution in [0.5, 0.6) is 5.75 Å². The van der Waals surface area contributed by atoms with E-state index in [1.807, 2.05) is 24.3 Å². The molecule has 0 bridgehead atoms. The van der Waals surface area contributed by atoms with E-state index in [4.69, 9.17) is 9.47 Å². The van der Waals surface area contributed by atoms with E-state index in [0.717, 1.165) is 11.0 Å². The molecule has 2 aromatic carbocycles. The molecule has 3 aromatic rings. The van der Waals surface area contributed by atoms with Gasteiger partial charge in [-0.3, -0.25) is 9.59 Å². The number of benzene rings is 2. The van der Waals surface area contributed by atoms with Crippen LogP contribution in [-0.4, -0.2) is 35.1 Å². The van der Waals surface area contributed by atoms with Gasteiger partial charge in [-0.05, 0) is 36.4 Å². The van der Waals surface area contributed by atoms with Crippen LogP contribution < -0.4 is 10.1 Å². The molecule has 1 aromatic heterocycles.